The molecule has 2 nitrogen and oxygen atoms in total. The van der Waals surface area contributed by atoms with E-state index in [1.807, 2.05) is 22.2 Å². The smallest absolute Gasteiger partial charge is 0.119 e. The van der Waals surface area contributed by atoms with Crippen LogP contribution in [0, 0.1) is 0 Å². The molecule has 40 valence electrons. The molecule has 0 radical (unpaired) electrons. The summed E-state index contributed by atoms with van der Waals surface area (Å²) in [5.74, 6) is 0. The van der Waals surface area contributed by atoms with Crippen LogP contribution in [0.5, 0.6) is 0 Å². The number of nitrogens with zero attached hydrogens (tertiary/aromatic N) is 2. The normalized spacial score (nSPS) is 10.5. The zero-order valence-corrected chi connectivity index (χ0v) is 4.93. The second-order valence-corrected chi connectivity index (χ2v) is 2.47. The van der Waals surface area contributed by atoms with Crippen LogP contribution in [-0.2, 0) is 0 Å². The molecule has 0 saturated heterocycles. The highest BCUT2D eigenvalue weighted by Crippen LogP contribution is 2.08. The van der Waals surface area contributed by atoms with Crippen LogP contribution in [0.3, 0.4) is 0 Å². The maximum Gasteiger partial charge on any atom is 0.119 e. The molecule has 2 aromatic heterocycles. The van der Waals surface area contributed by atoms with Crippen molar-refractivity contribution < 1.29 is 0 Å². The first-order chi connectivity index (χ1) is 3.97. The van der Waals surface area contributed by atoms with Crippen LogP contribution in [0.25, 0.3) is 4.83 Å². The lowest BCUT2D eigenvalue weighted by Crippen LogP contribution is -1.65. The van der Waals surface area contributed by atoms with Gasteiger partial charge in [-0.1, -0.05) is 0 Å². The Balaban J connectivity index is 3.06. The highest BCUT2D eigenvalue weighted by molar-refractivity contribution is 7.15. The zero-order chi connectivity index (χ0) is 5.40. The largest absolute Gasteiger partial charge is 0.297 e. The monoisotopic (exact) mass is 124 g/mol. The minimum Gasteiger partial charge on any atom is -0.297 e. The van der Waals surface area contributed by atoms with E-state index in [0.717, 1.165) is 0 Å². The summed E-state index contributed by atoms with van der Waals surface area (Å²) in [5, 5.41) is 2.04. The molecule has 8 heavy (non-hydrogen) atoms. The van der Waals surface area contributed by atoms with E-state index >= 15 is 0 Å². The van der Waals surface area contributed by atoms with E-state index in [2.05, 4.69) is 4.98 Å². The van der Waals surface area contributed by atoms with Crippen molar-refractivity contribution in [2.24, 2.45) is 0 Å². The summed E-state index contributed by atoms with van der Waals surface area (Å²) < 4.78 is 1.99. The minimum absolute atomic E-state index is 1.20. The molecule has 0 aliphatic carbocycles. The lowest BCUT2D eigenvalue weighted by atomic mass is 10.9. The van der Waals surface area contributed by atoms with Gasteiger partial charge in [0.15, 0.2) is 0 Å². The Hall–Kier alpha value is -0.830. The molecule has 0 unspecified atom stereocenters. The van der Waals surface area contributed by atoms with Crippen molar-refractivity contribution in [1.82, 2.24) is 9.38 Å². The Kier molecular flexibility index (Phi) is 0.676. The van der Waals surface area contributed by atoms with Gasteiger partial charge in [-0.05, 0) is 0 Å². The summed E-state index contributed by atoms with van der Waals surface area (Å²) in [5.41, 5.74) is 0. The Bertz CT molecular complexity index is 232. The van der Waals surface area contributed by atoms with Crippen molar-refractivity contribution in [2.45, 2.75) is 0 Å². The molecule has 0 saturated carbocycles. The standard InChI is InChI=1S/C5H4N2S/c1-2-8-5-3-6-4-7(1)5/h1-4H. The predicted molar refractivity (Wildman–Crippen MR) is 33.1 cm³/mol. The van der Waals surface area contributed by atoms with Crippen molar-refractivity contribution in [1.29, 1.82) is 0 Å². The SMILES string of the molecule is c1cn2cncc2s1. The van der Waals surface area contributed by atoms with E-state index in [-0.39, 0.29) is 0 Å². The fourth-order valence-electron chi connectivity index (χ4n) is 0.661. The molecule has 0 aliphatic rings. The highest BCUT2D eigenvalue weighted by Gasteiger charge is 1.88. The molecule has 2 heterocycles. The van der Waals surface area contributed by atoms with Crippen LogP contribution in [0.2, 0.25) is 0 Å². The summed E-state index contributed by atoms with van der Waals surface area (Å²) in [6, 6.07) is 0. The summed E-state index contributed by atoms with van der Waals surface area (Å²) in [4.78, 5) is 5.13. The van der Waals surface area contributed by atoms with Gasteiger partial charge >= 0.3 is 0 Å². The zero-order valence-electron chi connectivity index (χ0n) is 4.11. The molecule has 0 fully saturated rings. The third-order valence-electron chi connectivity index (χ3n) is 1.04. The number of rotatable bonds is 0. The number of imidazole rings is 1. The van der Waals surface area contributed by atoms with Gasteiger partial charge in [-0.2, -0.15) is 0 Å². The van der Waals surface area contributed by atoms with E-state index in [9.17, 15) is 0 Å². The first kappa shape index (κ1) is 4.09. The van der Waals surface area contributed by atoms with Crippen LogP contribution in [0.4, 0.5) is 0 Å². The molecule has 0 bridgehead atoms. The van der Waals surface area contributed by atoms with Crippen LogP contribution < -0.4 is 0 Å². The molecule has 2 rings (SSSR count). The summed E-state index contributed by atoms with van der Waals surface area (Å²) in [6.07, 6.45) is 5.64. The molecule has 0 atom stereocenters. The van der Waals surface area contributed by atoms with Crippen molar-refractivity contribution in [3.8, 4) is 0 Å². The van der Waals surface area contributed by atoms with Gasteiger partial charge in [-0.3, -0.25) is 4.40 Å². The van der Waals surface area contributed by atoms with E-state index in [4.69, 9.17) is 0 Å². The molecule has 0 amide bonds. The molecular weight excluding hydrogens is 120 g/mol. The Morgan fingerprint density at radius 1 is 1.62 bits per heavy atom. The lowest BCUT2D eigenvalue weighted by Gasteiger charge is -1.71. The Labute approximate surface area is 50.4 Å². The van der Waals surface area contributed by atoms with Crippen LogP contribution in [-0.4, -0.2) is 9.38 Å². The average molecular weight is 124 g/mol. The lowest BCUT2D eigenvalue weighted by molar-refractivity contribution is 1.18. The van der Waals surface area contributed by atoms with Gasteiger partial charge in [0.05, 0.1) is 12.5 Å². The molecule has 0 aromatic carbocycles. The van der Waals surface area contributed by atoms with Gasteiger partial charge < -0.3 is 0 Å². The van der Waals surface area contributed by atoms with Gasteiger partial charge in [0.2, 0.25) is 0 Å². The van der Waals surface area contributed by atoms with E-state index in [1.165, 1.54) is 4.83 Å². The van der Waals surface area contributed by atoms with Gasteiger partial charge in [0.1, 0.15) is 4.83 Å². The average Bonchev–Trinajstić information content (AvgIpc) is 2.15. The van der Waals surface area contributed by atoms with Crippen molar-refractivity contribution in [3.05, 3.63) is 24.1 Å². The van der Waals surface area contributed by atoms with E-state index < -0.39 is 0 Å². The number of aromatic nitrogens is 2. The van der Waals surface area contributed by atoms with Crippen molar-refractivity contribution in [3.63, 3.8) is 0 Å². The van der Waals surface area contributed by atoms with Crippen LogP contribution in [0.15, 0.2) is 24.1 Å². The molecule has 2 aromatic rings. The number of hydrogen-bond acceptors (Lipinski definition) is 2. The Morgan fingerprint density at radius 2 is 2.62 bits per heavy atom. The Morgan fingerprint density at radius 3 is 3.50 bits per heavy atom. The molecule has 0 aliphatic heterocycles. The van der Waals surface area contributed by atoms with Crippen LogP contribution in [0.1, 0.15) is 0 Å². The fourth-order valence-corrected chi connectivity index (χ4v) is 1.34. The molecule has 3 heteroatoms. The number of thiazole rings is 1. The van der Waals surface area contributed by atoms with Crippen molar-refractivity contribution >= 4 is 16.2 Å². The van der Waals surface area contributed by atoms with Gasteiger partial charge in [-0.25, -0.2) is 4.98 Å². The fraction of sp³-hybridized carbons (Fsp3) is 0. The quantitative estimate of drug-likeness (QED) is 0.519. The van der Waals surface area contributed by atoms with Gasteiger partial charge in [0.25, 0.3) is 0 Å². The van der Waals surface area contributed by atoms with Crippen LogP contribution >= 0.6 is 11.3 Å². The maximum atomic E-state index is 3.93. The number of hydrogen-bond donors (Lipinski definition) is 0. The van der Waals surface area contributed by atoms with Gasteiger partial charge in [0, 0.05) is 11.6 Å². The summed E-state index contributed by atoms with van der Waals surface area (Å²) >= 11 is 1.69. The first-order valence-electron chi connectivity index (χ1n) is 2.32. The van der Waals surface area contributed by atoms with E-state index in [1.54, 1.807) is 17.7 Å². The minimum atomic E-state index is 1.20. The first-order valence-corrected chi connectivity index (χ1v) is 3.20. The van der Waals surface area contributed by atoms with Gasteiger partial charge in [-0.15, -0.1) is 11.3 Å². The summed E-state index contributed by atoms with van der Waals surface area (Å²) in [7, 11) is 0. The third-order valence-corrected chi connectivity index (χ3v) is 1.86. The summed E-state index contributed by atoms with van der Waals surface area (Å²) in [6.45, 7) is 0. The predicted octanol–water partition coefficient (Wildman–Crippen LogP) is 1.40. The number of fused-ring (bicyclic) bond motifs is 1. The maximum absolute atomic E-state index is 3.93. The topological polar surface area (TPSA) is 17.3 Å². The highest BCUT2D eigenvalue weighted by atomic mass is 32.1. The third kappa shape index (κ3) is 0.391. The molecule has 0 spiro atoms. The van der Waals surface area contributed by atoms with E-state index in [0.29, 0.717) is 0 Å². The molecule has 0 N–H and O–H groups in total. The second kappa shape index (κ2) is 1.32. The molecular formula is C5H4N2S. The van der Waals surface area contributed by atoms with Crippen molar-refractivity contribution in [2.75, 3.05) is 0 Å². The second-order valence-electron chi connectivity index (χ2n) is 1.54.